The molecule has 0 heterocycles. The third-order valence-electron chi connectivity index (χ3n) is 2.40. The molecule has 0 aliphatic rings. The Bertz CT molecular complexity index is 426. The van der Waals surface area contributed by atoms with Crippen molar-refractivity contribution in [1.29, 1.82) is 0 Å². The van der Waals surface area contributed by atoms with Gasteiger partial charge in [0.05, 0.1) is 0 Å². The number of nitrogens with one attached hydrogen (secondary N) is 1. The third kappa shape index (κ3) is 5.21. The smallest absolute Gasteiger partial charge is 0.260 e. The molecule has 0 bridgehead atoms. The van der Waals surface area contributed by atoms with Crippen molar-refractivity contribution in [2.75, 3.05) is 20.3 Å². The molecular weight excluding hydrogens is 256 g/mol. The summed E-state index contributed by atoms with van der Waals surface area (Å²) < 4.78 is 35.7. The van der Waals surface area contributed by atoms with Crippen LogP contribution in [0.3, 0.4) is 0 Å². The van der Waals surface area contributed by atoms with Gasteiger partial charge in [-0.3, -0.25) is 4.79 Å². The lowest BCUT2D eigenvalue weighted by Crippen LogP contribution is -2.37. The fourth-order valence-electron chi connectivity index (χ4n) is 1.38. The van der Waals surface area contributed by atoms with Crippen LogP contribution >= 0.6 is 0 Å². The Labute approximate surface area is 110 Å². The molecule has 1 aromatic carbocycles. The Morgan fingerprint density at radius 1 is 1.37 bits per heavy atom. The Hall–Kier alpha value is -1.69. The molecule has 0 radical (unpaired) electrons. The van der Waals surface area contributed by atoms with Crippen LogP contribution in [0.5, 0.6) is 5.75 Å². The van der Waals surface area contributed by atoms with E-state index in [-0.39, 0.29) is 11.7 Å². The molecule has 0 aromatic heterocycles. The molecule has 1 aromatic rings. The van der Waals surface area contributed by atoms with Crippen LogP contribution in [-0.2, 0) is 9.53 Å². The molecule has 6 heteroatoms. The van der Waals surface area contributed by atoms with Crippen LogP contribution in [0.2, 0.25) is 0 Å². The lowest BCUT2D eigenvalue weighted by atomic mass is 10.3. The summed E-state index contributed by atoms with van der Waals surface area (Å²) in [6, 6.07) is 3.13. The number of carbonyl (C=O) groups excluding carboxylic acids is 1. The molecule has 0 aliphatic carbocycles. The fourth-order valence-corrected chi connectivity index (χ4v) is 1.38. The maximum atomic E-state index is 12.9. The number of benzene rings is 1. The third-order valence-corrected chi connectivity index (χ3v) is 2.40. The first kappa shape index (κ1) is 15.4. The summed E-state index contributed by atoms with van der Waals surface area (Å²) in [7, 11) is 1.58. The second-order valence-electron chi connectivity index (χ2n) is 3.97. The Balaban J connectivity index is 2.42. The minimum atomic E-state index is -1.01. The van der Waals surface area contributed by atoms with Gasteiger partial charge in [-0.2, -0.15) is 0 Å². The predicted octanol–water partition coefficient (Wildman–Crippen LogP) is 1.88. The lowest BCUT2D eigenvalue weighted by Gasteiger charge is -2.14. The van der Waals surface area contributed by atoms with Crippen LogP contribution in [0.1, 0.15) is 13.3 Å². The second-order valence-corrected chi connectivity index (χ2v) is 3.97. The number of methoxy groups -OCH3 is 1. The Morgan fingerprint density at radius 2 is 2.11 bits per heavy atom. The van der Waals surface area contributed by atoms with E-state index in [0.717, 1.165) is 12.1 Å². The van der Waals surface area contributed by atoms with Crippen LogP contribution in [-0.4, -0.2) is 32.3 Å². The molecule has 0 spiro atoms. The summed E-state index contributed by atoms with van der Waals surface area (Å²) in [4.78, 5) is 11.6. The van der Waals surface area contributed by atoms with Crippen LogP contribution in [0.4, 0.5) is 8.78 Å². The van der Waals surface area contributed by atoms with Gasteiger partial charge in [0.1, 0.15) is 5.75 Å². The summed E-state index contributed by atoms with van der Waals surface area (Å²) in [5.41, 5.74) is 0. The summed E-state index contributed by atoms with van der Waals surface area (Å²) in [6.07, 6.45) is -0.0902. The highest BCUT2D eigenvalue weighted by Crippen LogP contribution is 2.16. The Morgan fingerprint density at radius 3 is 2.74 bits per heavy atom. The van der Waals surface area contributed by atoms with Gasteiger partial charge in [-0.05, 0) is 25.5 Å². The molecule has 1 unspecified atom stereocenters. The van der Waals surface area contributed by atoms with Gasteiger partial charge in [0.25, 0.3) is 5.91 Å². The average Bonchev–Trinajstić information content (AvgIpc) is 2.38. The maximum absolute atomic E-state index is 12.9. The first-order chi connectivity index (χ1) is 9.04. The highest BCUT2D eigenvalue weighted by atomic mass is 19.2. The number of ether oxygens (including phenoxy) is 2. The quantitative estimate of drug-likeness (QED) is 0.772. The zero-order valence-corrected chi connectivity index (χ0v) is 10.9. The molecule has 0 fully saturated rings. The molecule has 4 nitrogen and oxygen atoms in total. The van der Waals surface area contributed by atoms with Gasteiger partial charge in [0.15, 0.2) is 17.7 Å². The van der Waals surface area contributed by atoms with E-state index >= 15 is 0 Å². The van der Waals surface area contributed by atoms with Gasteiger partial charge in [0.2, 0.25) is 0 Å². The molecule has 106 valence electrons. The number of hydrogen-bond acceptors (Lipinski definition) is 3. The summed E-state index contributed by atoms with van der Waals surface area (Å²) in [5, 5.41) is 2.65. The van der Waals surface area contributed by atoms with Crippen molar-refractivity contribution in [3.05, 3.63) is 29.8 Å². The number of halogens is 2. The van der Waals surface area contributed by atoms with E-state index in [1.54, 1.807) is 7.11 Å². The Kier molecular flexibility index (Phi) is 6.21. The van der Waals surface area contributed by atoms with E-state index in [0.29, 0.717) is 19.6 Å². The van der Waals surface area contributed by atoms with Gasteiger partial charge < -0.3 is 14.8 Å². The zero-order chi connectivity index (χ0) is 14.3. The SMILES string of the molecule is COCCCNC(=O)C(C)Oc1ccc(F)c(F)c1. The predicted molar refractivity (Wildman–Crippen MR) is 66.0 cm³/mol. The van der Waals surface area contributed by atoms with E-state index in [9.17, 15) is 13.6 Å². The van der Waals surface area contributed by atoms with Gasteiger partial charge in [-0.25, -0.2) is 8.78 Å². The first-order valence-electron chi connectivity index (χ1n) is 5.93. The molecular formula is C13H17F2NO3. The van der Waals surface area contributed by atoms with E-state index in [2.05, 4.69) is 5.32 Å². The number of hydrogen-bond donors (Lipinski definition) is 1. The largest absolute Gasteiger partial charge is 0.481 e. The number of amides is 1. The van der Waals surface area contributed by atoms with Crippen molar-refractivity contribution in [1.82, 2.24) is 5.32 Å². The molecule has 0 saturated carbocycles. The number of rotatable bonds is 7. The molecule has 1 amide bonds. The van der Waals surface area contributed by atoms with Gasteiger partial charge in [-0.15, -0.1) is 0 Å². The zero-order valence-electron chi connectivity index (χ0n) is 10.9. The highest BCUT2D eigenvalue weighted by molar-refractivity contribution is 5.80. The van der Waals surface area contributed by atoms with Crippen LogP contribution in [0.15, 0.2) is 18.2 Å². The second kappa shape index (κ2) is 7.68. The van der Waals surface area contributed by atoms with E-state index < -0.39 is 17.7 Å². The summed E-state index contributed by atoms with van der Waals surface area (Å²) in [5.74, 6) is -2.17. The van der Waals surface area contributed by atoms with Gasteiger partial charge in [-0.1, -0.05) is 0 Å². The first-order valence-corrected chi connectivity index (χ1v) is 5.93. The number of carbonyl (C=O) groups is 1. The van der Waals surface area contributed by atoms with E-state index in [1.165, 1.54) is 13.0 Å². The maximum Gasteiger partial charge on any atom is 0.260 e. The average molecular weight is 273 g/mol. The topological polar surface area (TPSA) is 47.6 Å². The minimum absolute atomic E-state index is 0.110. The molecule has 1 N–H and O–H groups in total. The van der Waals surface area contributed by atoms with E-state index in [4.69, 9.17) is 9.47 Å². The fraction of sp³-hybridized carbons (Fsp3) is 0.462. The van der Waals surface area contributed by atoms with Crippen molar-refractivity contribution in [2.45, 2.75) is 19.4 Å². The van der Waals surface area contributed by atoms with Crippen molar-refractivity contribution in [3.63, 3.8) is 0 Å². The molecule has 19 heavy (non-hydrogen) atoms. The summed E-state index contributed by atoms with van der Waals surface area (Å²) >= 11 is 0. The van der Waals surface area contributed by atoms with E-state index in [1.807, 2.05) is 0 Å². The van der Waals surface area contributed by atoms with Crippen LogP contribution < -0.4 is 10.1 Å². The van der Waals surface area contributed by atoms with Crippen LogP contribution in [0.25, 0.3) is 0 Å². The molecule has 0 aliphatic heterocycles. The molecule has 1 atom stereocenters. The monoisotopic (exact) mass is 273 g/mol. The molecule has 1 rings (SSSR count). The van der Waals surface area contributed by atoms with Gasteiger partial charge in [0, 0.05) is 26.3 Å². The van der Waals surface area contributed by atoms with Crippen molar-refractivity contribution < 1.29 is 23.0 Å². The van der Waals surface area contributed by atoms with Gasteiger partial charge >= 0.3 is 0 Å². The van der Waals surface area contributed by atoms with Crippen LogP contribution in [0, 0.1) is 11.6 Å². The summed E-state index contributed by atoms with van der Waals surface area (Å²) in [6.45, 7) is 2.56. The van der Waals surface area contributed by atoms with Crippen molar-refractivity contribution in [2.24, 2.45) is 0 Å². The minimum Gasteiger partial charge on any atom is -0.481 e. The highest BCUT2D eigenvalue weighted by Gasteiger charge is 2.14. The van der Waals surface area contributed by atoms with Crippen molar-refractivity contribution >= 4 is 5.91 Å². The lowest BCUT2D eigenvalue weighted by molar-refractivity contribution is -0.127. The normalized spacial score (nSPS) is 12.0. The standard InChI is InChI=1S/C13H17F2NO3/c1-9(13(17)16-6-3-7-18-2)19-10-4-5-11(14)12(15)8-10/h4-5,8-9H,3,6-7H2,1-2H3,(H,16,17). The van der Waals surface area contributed by atoms with Crippen molar-refractivity contribution in [3.8, 4) is 5.75 Å². The molecule has 0 saturated heterocycles.